The Morgan fingerprint density at radius 3 is 3.08 bits per heavy atom. The van der Waals surface area contributed by atoms with Crippen LogP contribution >= 0.6 is 22.7 Å². The molecule has 0 unspecified atom stereocenters. The second-order valence-corrected chi connectivity index (χ2v) is 8.41. The predicted octanol–water partition coefficient (Wildman–Crippen LogP) is 2.97. The molecule has 3 heterocycles. The molecule has 5 nitrogen and oxygen atoms in total. The summed E-state index contributed by atoms with van der Waals surface area (Å²) < 4.78 is 0. The van der Waals surface area contributed by atoms with Crippen molar-refractivity contribution in [2.24, 2.45) is 4.99 Å². The van der Waals surface area contributed by atoms with Crippen molar-refractivity contribution >= 4 is 28.6 Å². The summed E-state index contributed by atoms with van der Waals surface area (Å²) in [6.07, 6.45) is 1.18. The van der Waals surface area contributed by atoms with E-state index in [2.05, 4.69) is 50.9 Å². The van der Waals surface area contributed by atoms with Gasteiger partial charge in [-0.2, -0.15) is 0 Å². The van der Waals surface area contributed by atoms with Crippen LogP contribution in [0.15, 0.2) is 21.8 Å². The molecule has 2 aromatic rings. The van der Waals surface area contributed by atoms with Crippen LogP contribution in [0.2, 0.25) is 0 Å². The van der Waals surface area contributed by atoms with Crippen LogP contribution in [0.3, 0.4) is 0 Å². The van der Waals surface area contributed by atoms with Crippen LogP contribution in [0.1, 0.15) is 28.1 Å². The number of nitrogens with zero attached hydrogens (tertiary/aromatic N) is 4. The highest BCUT2D eigenvalue weighted by Gasteiger charge is 2.16. The second-order valence-electron chi connectivity index (χ2n) is 6.34. The predicted molar refractivity (Wildman–Crippen MR) is 108 cm³/mol. The maximum atomic E-state index is 4.82. The van der Waals surface area contributed by atoms with Gasteiger partial charge in [0, 0.05) is 43.5 Å². The van der Waals surface area contributed by atoms with Gasteiger partial charge in [0.15, 0.2) is 5.96 Å². The highest BCUT2D eigenvalue weighted by atomic mass is 32.1. The average Bonchev–Trinajstić information content (AvgIpc) is 3.22. The maximum absolute atomic E-state index is 4.82. The lowest BCUT2D eigenvalue weighted by Crippen LogP contribution is -2.39. The van der Waals surface area contributed by atoms with Gasteiger partial charge in [-0.1, -0.05) is 0 Å². The number of thiophene rings is 1. The topological polar surface area (TPSA) is 43.8 Å². The number of guanidine groups is 1. The summed E-state index contributed by atoms with van der Waals surface area (Å²) in [5, 5.41) is 8.85. The van der Waals surface area contributed by atoms with Crippen molar-refractivity contribution in [2.75, 3.05) is 33.2 Å². The molecule has 0 spiro atoms. The minimum Gasteiger partial charge on any atom is -0.357 e. The smallest absolute Gasteiger partial charge is 0.194 e. The number of thiazole rings is 1. The number of aryl methyl sites for hydroxylation is 1. The monoisotopic (exact) mass is 377 g/mol. The number of aliphatic imine (C=N–C) groups is 1. The molecule has 0 atom stereocenters. The molecular weight excluding hydrogens is 350 g/mol. The number of aromatic nitrogens is 1. The van der Waals surface area contributed by atoms with Crippen LogP contribution in [0.5, 0.6) is 0 Å². The maximum Gasteiger partial charge on any atom is 0.194 e. The average molecular weight is 378 g/mol. The zero-order valence-corrected chi connectivity index (χ0v) is 16.9. The van der Waals surface area contributed by atoms with E-state index in [9.17, 15) is 0 Å². The van der Waals surface area contributed by atoms with Crippen molar-refractivity contribution in [1.29, 1.82) is 0 Å². The Labute approximate surface area is 158 Å². The molecule has 0 bridgehead atoms. The molecule has 0 aromatic carbocycles. The lowest BCUT2D eigenvalue weighted by Gasteiger charge is -2.26. The van der Waals surface area contributed by atoms with E-state index in [1.165, 1.54) is 12.0 Å². The molecule has 0 saturated carbocycles. The van der Waals surface area contributed by atoms with Gasteiger partial charge in [-0.3, -0.25) is 9.89 Å². The molecule has 25 heavy (non-hydrogen) atoms. The highest BCUT2D eigenvalue weighted by molar-refractivity contribution is 7.10. The Kier molecular flexibility index (Phi) is 6.45. The number of fused-ring (bicyclic) bond motifs is 1. The summed E-state index contributed by atoms with van der Waals surface area (Å²) in [6.45, 7) is 9.87. The Balaban J connectivity index is 1.53. The standard InChI is InChI=1S/C18H27N5S2/c1-4-19-18(22(3)12-16-13-25-14(2)21-16)20-7-9-23-8-5-17-15(11-23)6-10-24-17/h6,10,13H,4-5,7-9,11-12H2,1-3H3,(H,19,20). The number of rotatable bonds is 6. The van der Waals surface area contributed by atoms with Crippen molar-refractivity contribution < 1.29 is 0 Å². The third-order valence-electron chi connectivity index (χ3n) is 4.33. The fourth-order valence-corrected chi connectivity index (χ4v) is 4.56. The molecular formula is C18H27N5S2. The molecule has 7 heteroatoms. The number of hydrogen-bond acceptors (Lipinski definition) is 5. The van der Waals surface area contributed by atoms with E-state index in [1.807, 2.05) is 18.3 Å². The lowest BCUT2D eigenvalue weighted by atomic mass is 10.1. The zero-order valence-electron chi connectivity index (χ0n) is 15.3. The molecule has 1 aliphatic rings. The summed E-state index contributed by atoms with van der Waals surface area (Å²) in [5.74, 6) is 0.960. The Morgan fingerprint density at radius 2 is 2.32 bits per heavy atom. The van der Waals surface area contributed by atoms with Gasteiger partial charge in [0.2, 0.25) is 0 Å². The molecule has 1 N–H and O–H groups in total. The molecule has 1 aliphatic heterocycles. The second kappa shape index (κ2) is 8.78. The first-order chi connectivity index (χ1) is 12.2. The summed E-state index contributed by atoms with van der Waals surface area (Å²) in [6, 6.07) is 2.27. The normalized spacial score (nSPS) is 15.2. The van der Waals surface area contributed by atoms with Crippen molar-refractivity contribution in [2.45, 2.75) is 33.4 Å². The van der Waals surface area contributed by atoms with E-state index in [-0.39, 0.29) is 0 Å². The minimum atomic E-state index is 0.790. The van der Waals surface area contributed by atoms with Gasteiger partial charge in [-0.05, 0) is 37.3 Å². The fourth-order valence-electron chi connectivity index (χ4n) is 3.06. The molecule has 0 amide bonds. The van der Waals surface area contributed by atoms with Crippen LogP contribution in [-0.2, 0) is 19.5 Å². The summed E-state index contributed by atoms with van der Waals surface area (Å²) >= 11 is 3.59. The van der Waals surface area contributed by atoms with E-state index in [1.54, 1.807) is 16.2 Å². The Hall–Kier alpha value is -1.44. The van der Waals surface area contributed by atoms with Gasteiger partial charge in [0.1, 0.15) is 0 Å². The third-order valence-corrected chi connectivity index (χ3v) is 6.17. The molecule has 0 saturated heterocycles. The zero-order chi connectivity index (χ0) is 17.6. The van der Waals surface area contributed by atoms with Crippen molar-refractivity contribution in [1.82, 2.24) is 20.1 Å². The Morgan fingerprint density at radius 1 is 1.44 bits per heavy atom. The molecule has 0 fully saturated rings. The van der Waals surface area contributed by atoms with Crippen molar-refractivity contribution in [3.63, 3.8) is 0 Å². The molecule has 0 aliphatic carbocycles. The molecule has 0 radical (unpaired) electrons. The summed E-state index contributed by atoms with van der Waals surface area (Å²) in [7, 11) is 2.08. The SMILES string of the molecule is CCNC(=NCCN1CCc2sccc2C1)N(C)Cc1csc(C)n1. The quantitative estimate of drug-likeness (QED) is 0.621. The molecule has 3 rings (SSSR count). The van der Waals surface area contributed by atoms with Gasteiger partial charge >= 0.3 is 0 Å². The number of nitrogens with one attached hydrogen (secondary N) is 1. The van der Waals surface area contributed by atoms with Crippen LogP contribution in [0.25, 0.3) is 0 Å². The van der Waals surface area contributed by atoms with E-state index < -0.39 is 0 Å². The van der Waals surface area contributed by atoms with Gasteiger partial charge in [0.25, 0.3) is 0 Å². The number of hydrogen-bond donors (Lipinski definition) is 1. The summed E-state index contributed by atoms with van der Waals surface area (Å²) in [5.41, 5.74) is 2.61. The lowest BCUT2D eigenvalue weighted by molar-refractivity contribution is 0.263. The molecule has 2 aromatic heterocycles. The highest BCUT2D eigenvalue weighted by Crippen LogP contribution is 2.23. The van der Waals surface area contributed by atoms with E-state index in [0.717, 1.165) is 55.9 Å². The van der Waals surface area contributed by atoms with Crippen LogP contribution in [-0.4, -0.2) is 54.0 Å². The fraction of sp³-hybridized carbons (Fsp3) is 0.556. The van der Waals surface area contributed by atoms with E-state index in [0.29, 0.717) is 0 Å². The van der Waals surface area contributed by atoms with Crippen LogP contribution in [0.4, 0.5) is 0 Å². The van der Waals surface area contributed by atoms with Crippen LogP contribution in [0, 0.1) is 6.92 Å². The Bertz CT molecular complexity index is 706. The van der Waals surface area contributed by atoms with Crippen LogP contribution < -0.4 is 5.32 Å². The molecule has 136 valence electrons. The summed E-state index contributed by atoms with van der Waals surface area (Å²) in [4.78, 5) is 15.6. The van der Waals surface area contributed by atoms with E-state index in [4.69, 9.17) is 4.99 Å². The van der Waals surface area contributed by atoms with Gasteiger partial charge in [-0.25, -0.2) is 4.98 Å². The first-order valence-corrected chi connectivity index (χ1v) is 10.6. The van der Waals surface area contributed by atoms with E-state index >= 15 is 0 Å². The third kappa shape index (κ3) is 5.03. The van der Waals surface area contributed by atoms with Crippen molar-refractivity contribution in [3.05, 3.63) is 38.0 Å². The van der Waals surface area contributed by atoms with Gasteiger partial charge in [0.05, 0.1) is 23.8 Å². The first kappa shape index (κ1) is 18.4. The largest absolute Gasteiger partial charge is 0.357 e. The first-order valence-electron chi connectivity index (χ1n) is 8.83. The van der Waals surface area contributed by atoms with Gasteiger partial charge < -0.3 is 10.2 Å². The van der Waals surface area contributed by atoms with Crippen molar-refractivity contribution in [3.8, 4) is 0 Å². The minimum absolute atomic E-state index is 0.790. The van der Waals surface area contributed by atoms with Gasteiger partial charge in [-0.15, -0.1) is 22.7 Å².